The van der Waals surface area contributed by atoms with Crippen LogP contribution in [0.3, 0.4) is 0 Å². The predicted molar refractivity (Wildman–Crippen MR) is 87.0 cm³/mol. The van der Waals surface area contributed by atoms with Gasteiger partial charge in [0, 0.05) is 24.8 Å². The first kappa shape index (κ1) is 18.5. The van der Waals surface area contributed by atoms with Crippen LogP contribution in [0.4, 0.5) is 16.2 Å². The standard InChI is InChI=1S/C15H23N3O5/c1-15(2,3)23-14(19)17-9-5-8-16-11-6-7-13(22-4)12(10-11)18(20)21/h6-7,10,16H,5,8-9H2,1-4H3,(H,17,19). The average molecular weight is 325 g/mol. The number of nitro benzene ring substituents is 1. The number of nitrogens with one attached hydrogen (secondary N) is 2. The molecule has 1 rings (SSSR count). The van der Waals surface area contributed by atoms with Gasteiger partial charge in [0.2, 0.25) is 0 Å². The molecule has 8 heteroatoms. The van der Waals surface area contributed by atoms with Gasteiger partial charge in [-0.15, -0.1) is 0 Å². The molecule has 0 aliphatic heterocycles. The Balaban J connectivity index is 2.38. The molecule has 0 aliphatic rings. The minimum absolute atomic E-state index is 0.0932. The monoisotopic (exact) mass is 325 g/mol. The zero-order valence-electron chi connectivity index (χ0n) is 13.8. The number of rotatable bonds is 7. The Labute approximate surface area is 135 Å². The van der Waals surface area contributed by atoms with Gasteiger partial charge in [-0.25, -0.2) is 4.79 Å². The first-order chi connectivity index (χ1) is 10.7. The molecule has 128 valence electrons. The molecular weight excluding hydrogens is 302 g/mol. The Morgan fingerprint density at radius 2 is 2.00 bits per heavy atom. The van der Waals surface area contributed by atoms with Gasteiger partial charge in [0.15, 0.2) is 5.75 Å². The summed E-state index contributed by atoms with van der Waals surface area (Å²) >= 11 is 0. The number of nitro groups is 1. The number of alkyl carbamates (subject to hydrolysis) is 1. The van der Waals surface area contributed by atoms with Crippen LogP contribution in [0.25, 0.3) is 0 Å². The van der Waals surface area contributed by atoms with Crippen molar-refractivity contribution in [2.75, 3.05) is 25.5 Å². The van der Waals surface area contributed by atoms with E-state index in [2.05, 4.69) is 10.6 Å². The lowest BCUT2D eigenvalue weighted by atomic mass is 10.2. The van der Waals surface area contributed by atoms with E-state index in [1.165, 1.54) is 13.2 Å². The number of nitrogens with zero attached hydrogens (tertiary/aromatic N) is 1. The molecule has 0 saturated heterocycles. The molecule has 1 amide bonds. The van der Waals surface area contributed by atoms with Gasteiger partial charge in [-0.2, -0.15) is 0 Å². The highest BCUT2D eigenvalue weighted by Crippen LogP contribution is 2.29. The van der Waals surface area contributed by atoms with Gasteiger partial charge in [-0.05, 0) is 39.3 Å². The number of methoxy groups -OCH3 is 1. The molecule has 0 aliphatic carbocycles. The summed E-state index contributed by atoms with van der Waals surface area (Å²) in [6.07, 6.45) is 0.191. The van der Waals surface area contributed by atoms with E-state index in [4.69, 9.17) is 9.47 Å². The van der Waals surface area contributed by atoms with Crippen molar-refractivity contribution in [1.29, 1.82) is 0 Å². The molecule has 0 saturated carbocycles. The lowest BCUT2D eigenvalue weighted by Crippen LogP contribution is -2.33. The van der Waals surface area contributed by atoms with Crippen molar-refractivity contribution >= 4 is 17.5 Å². The second kappa shape index (κ2) is 8.21. The van der Waals surface area contributed by atoms with Gasteiger partial charge in [0.05, 0.1) is 12.0 Å². The summed E-state index contributed by atoms with van der Waals surface area (Å²) in [4.78, 5) is 21.9. The maximum atomic E-state index is 11.4. The van der Waals surface area contributed by atoms with E-state index in [1.54, 1.807) is 32.9 Å². The maximum Gasteiger partial charge on any atom is 0.407 e. The molecule has 23 heavy (non-hydrogen) atoms. The second-order valence-electron chi connectivity index (χ2n) is 5.85. The van der Waals surface area contributed by atoms with Gasteiger partial charge in [0.25, 0.3) is 0 Å². The molecule has 0 radical (unpaired) electrons. The summed E-state index contributed by atoms with van der Waals surface area (Å²) < 4.78 is 10.1. The third kappa shape index (κ3) is 6.86. The minimum Gasteiger partial charge on any atom is -0.490 e. The van der Waals surface area contributed by atoms with E-state index >= 15 is 0 Å². The molecule has 1 aromatic rings. The fourth-order valence-electron chi connectivity index (χ4n) is 1.77. The molecule has 8 nitrogen and oxygen atoms in total. The molecule has 0 heterocycles. The summed E-state index contributed by atoms with van der Waals surface area (Å²) in [7, 11) is 1.39. The van der Waals surface area contributed by atoms with Crippen LogP contribution in [0.15, 0.2) is 18.2 Å². The smallest absolute Gasteiger partial charge is 0.407 e. The van der Waals surface area contributed by atoms with E-state index in [0.717, 1.165) is 0 Å². The first-order valence-corrected chi connectivity index (χ1v) is 7.26. The first-order valence-electron chi connectivity index (χ1n) is 7.26. The van der Waals surface area contributed by atoms with E-state index in [0.29, 0.717) is 25.2 Å². The molecule has 0 aromatic heterocycles. The summed E-state index contributed by atoms with van der Waals surface area (Å²) in [5, 5.41) is 16.6. The molecule has 0 atom stereocenters. The van der Waals surface area contributed by atoms with Crippen LogP contribution in [-0.2, 0) is 4.74 Å². The predicted octanol–water partition coefficient (Wildman–Crippen LogP) is 2.93. The van der Waals surface area contributed by atoms with E-state index < -0.39 is 16.6 Å². The Hall–Kier alpha value is -2.51. The summed E-state index contributed by atoms with van der Waals surface area (Å²) in [6.45, 7) is 6.39. The molecule has 0 unspecified atom stereocenters. The number of hydrogen-bond donors (Lipinski definition) is 2. The normalized spacial score (nSPS) is 10.8. The van der Waals surface area contributed by atoms with Crippen molar-refractivity contribution in [1.82, 2.24) is 5.32 Å². The van der Waals surface area contributed by atoms with Crippen LogP contribution in [0.5, 0.6) is 5.75 Å². The quantitative estimate of drug-likeness (QED) is 0.454. The number of benzene rings is 1. The van der Waals surface area contributed by atoms with Crippen LogP contribution in [0.1, 0.15) is 27.2 Å². The lowest BCUT2D eigenvalue weighted by Gasteiger charge is -2.19. The summed E-state index contributed by atoms with van der Waals surface area (Å²) in [5.41, 5.74) is 0.00354. The van der Waals surface area contributed by atoms with Gasteiger partial charge in [-0.1, -0.05) is 0 Å². The molecule has 0 spiro atoms. The van der Waals surface area contributed by atoms with Gasteiger partial charge >= 0.3 is 11.8 Å². The fourth-order valence-corrected chi connectivity index (χ4v) is 1.77. The van der Waals surface area contributed by atoms with Crippen LogP contribution >= 0.6 is 0 Å². The third-order valence-electron chi connectivity index (χ3n) is 2.73. The highest BCUT2D eigenvalue weighted by Gasteiger charge is 2.16. The zero-order chi connectivity index (χ0) is 17.5. The van der Waals surface area contributed by atoms with Crippen molar-refractivity contribution < 1.29 is 19.2 Å². The lowest BCUT2D eigenvalue weighted by molar-refractivity contribution is -0.385. The minimum atomic E-state index is -0.523. The van der Waals surface area contributed by atoms with Crippen molar-refractivity contribution in [2.45, 2.75) is 32.8 Å². The molecule has 2 N–H and O–H groups in total. The Morgan fingerprint density at radius 1 is 1.30 bits per heavy atom. The third-order valence-corrected chi connectivity index (χ3v) is 2.73. The number of anilines is 1. The van der Waals surface area contributed by atoms with E-state index in [9.17, 15) is 14.9 Å². The number of amides is 1. The highest BCUT2D eigenvalue weighted by molar-refractivity contribution is 5.67. The second-order valence-corrected chi connectivity index (χ2v) is 5.85. The average Bonchev–Trinajstić information content (AvgIpc) is 2.44. The number of carbonyl (C=O) groups excluding carboxylic acids is 1. The largest absolute Gasteiger partial charge is 0.490 e. The molecule has 1 aromatic carbocycles. The number of carbonyl (C=O) groups is 1. The fraction of sp³-hybridized carbons (Fsp3) is 0.533. The number of hydrogen-bond acceptors (Lipinski definition) is 6. The molecule has 0 bridgehead atoms. The summed E-state index contributed by atoms with van der Waals surface area (Å²) in [5.74, 6) is 0.215. The van der Waals surface area contributed by atoms with Crippen LogP contribution in [0.2, 0.25) is 0 Å². The Bertz CT molecular complexity index is 555. The van der Waals surface area contributed by atoms with Crippen LogP contribution in [-0.4, -0.2) is 36.8 Å². The van der Waals surface area contributed by atoms with E-state index in [1.807, 2.05) is 0 Å². The summed E-state index contributed by atoms with van der Waals surface area (Å²) in [6, 6.07) is 4.66. The van der Waals surface area contributed by atoms with Gasteiger partial charge in [-0.3, -0.25) is 10.1 Å². The topological polar surface area (TPSA) is 103 Å². The maximum absolute atomic E-state index is 11.4. The van der Waals surface area contributed by atoms with Gasteiger partial charge < -0.3 is 20.1 Å². The Morgan fingerprint density at radius 3 is 2.57 bits per heavy atom. The van der Waals surface area contributed by atoms with Gasteiger partial charge in [0.1, 0.15) is 5.60 Å². The van der Waals surface area contributed by atoms with Crippen molar-refractivity contribution in [2.24, 2.45) is 0 Å². The number of ether oxygens (including phenoxy) is 2. The van der Waals surface area contributed by atoms with Crippen molar-refractivity contribution in [3.05, 3.63) is 28.3 Å². The van der Waals surface area contributed by atoms with E-state index in [-0.39, 0.29) is 11.4 Å². The zero-order valence-corrected chi connectivity index (χ0v) is 13.8. The van der Waals surface area contributed by atoms with Crippen molar-refractivity contribution in [3.8, 4) is 5.75 Å². The molecular formula is C15H23N3O5. The molecule has 0 fully saturated rings. The van der Waals surface area contributed by atoms with Crippen molar-refractivity contribution in [3.63, 3.8) is 0 Å². The SMILES string of the molecule is COc1ccc(NCCCNC(=O)OC(C)(C)C)cc1[N+](=O)[O-]. The highest BCUT2D eigenvalue weighted by atomic mass is 16.6. The Kier molecular flexibility index (Phi) is 6.62. The van der Waals surface area contributed by atoms with Crippen LogP contribution < -0.4 is 15.4 Å². The van der Waals surface area contributed by atoms with Crippen LogP contribution in [0, 0.1) is 10.1 Å².